The molecule has 1 aliphatic rings. The van der Waals surface area contributed by atoms with Gasteiger partial charge in [-0.05, 0) is 44.4 Å². The maximum absolute atomic E-state index is 10.3. The number of rotatable bonds is 2. The molecule has 1 aromatic rings. The van der Waals surface area contributed by atoms with E-state index < -0.39 is 11.6 Å². The lowest BCUT2D eigenvalue weighted by Crippen LogP contribution is -2.39. The second kappa shape index (κ2) is 4.48. The topological polar surface area (TPSA) is 55.5 Å². The lowest BCUT2D eigenvalue weighted by molar-refractivity contribution is 0.0997. The van der Waals surface area contributed by atoms with E-state index in [1.54, 1.807) is 19.9 Å². The first kappa shape index (κ1) is 12.7. The Morgan fingerprint density at radius 3 is 2.82 bits per heavy atom. The predicted octanol–water partition coefficient (Wildman–Crippen LogP) is 2.44. The van der Waals surface area contributed by atoms with Crippen LogP contribution in [0.25, 0.3) is 0 Å². The molecule has 3 N–H and O–H groups in total. The zero-order valence-electron chi connectivity index (χ0n) is 10.2. The van der Waals surface area contributed by atoms with Crippen LogP contribution in [0.4, 0.5) is 0 Å². The van der Waals surface area contributed by atoms with E-state index in [0.717, 1.165) is 24.2 Å². The summed E-state index contributed by atoms with van der Waals surface area (Å²) in [6.45, 7) is 4.25. The van der Waals surface area contributed by atoms with E-state index in [0.29, 0.717) is 17.2 Å². The summed E-state index contributed by atoms with van der Waals surface area (Å²) in [4.78, 5) is 0. The zero-order chi connectivity index (χ0) is 12.6. The van der Waals surface area contributed by atoms with E-state index in [1.165, 1.54) is 0 Å². The Balaban J connectivity index is 2.49. The van der Waals surface area contributed by atoms with Crippen LogP contribution in [0.3, 0.4) is 0 Å². The molecule has 0 saturated carbocycles. The minimum atomic E-state index is -0.784. The van der Waals surface area contributed by atoms with Crippen LogP contribution in [0.5, 0.6) is 5.75 Å². The normalized spacial score (nSPS) is 17.2. The van der Waals surface area contributed by atoms with Gasteiger partial charge in [0.2, 0.25) is 0 Å². The molecule has 3 nitrogen and oxygen atoms in total. The molecule has 0 radical (unpaired) electrons. The lowest BCUT2D eigenvalue weighted by atomic mass is 9.89. The van der Waals surface area contributed by atoms with E-state index >= 15 is 0 Å². The van der Waals surface area contributed by atoms with Gasteiger partial charge in [-0.2, -0.15) is 0 Å². The van der Waals surface area contributed by atoms with Crippen molar-refractivity contribution in [3.8, 4) is 5.75 Å². The molecule has 0 saturated heterocycles. The Morgan fingerprint density at radius 2 is 2.18 bits per heavy atom. The SMILES string of the molecule is CC(C)(N)C(O)c1cc(Cl)cc2c1OCCC2. The summed E-state index contributed by atoms with van der Waals surface area (Å²) in [7, 11) is 0. The molecule has 1 unspecified atom stereocenters. The highest BCUT2D eigenvalue weighted by Gasteiger charge is 2.29. The first-order chi connectivity index (χ1) is 7.89. The molecule has 0 spiro atoms. The van der Waals surface area contributed by atoms with Gasteiger partial charge in [0.05, 0.1) is 12.7 Å². The number of aryl methyl sites for hydroxylation is 1. The van der Waals surface area contributed by atoms with Crippen molar-refractivity contribution in [1.29, 1.82) is 0 Å². The van der Waals surface area contributed by atoms with E-state index in [4.69, 9.17) is 22.1 Å². The van der Waals surface area contributed by atoms with Crippen LogP contribution >= 0.6 is 11.6 Å². The monoisotopic (exact) mass is 255 g/mol. The van der Waals surface area contributed by atoms with Gasteiger partial charge in [-0.15, -0.1) is 0 Å². The molecule has 1 heterocycles. The van der Waals surface area contributed by atoms with Crippen LogP contribution in [0.15, 0.2) is 12.1 Å². The Morgan fingerprint density at radius 1 is 1.47 bits per heavy atom. The van der Waals surface area contributed by atoms with Gasteiger partial charge in [0.25, 0.3) is 0 Å². The highest BCUT2D eigenvalue weighted by molar-refractivity contribution is 6.30. The molecule has 0 fully saturated rings. The fraction of sp³-hybridized carbons (Fsp3) is 0.538. The number of fused-ring (bicyclic) bond motifs is 1. The third-order valence-corrected chi connectivity index (χ3v) is 3.21. The van der Waals surface area contributed by atoms with Crippen LogP contribution in [0.1, 0.15) is 37.5 Å². The summed E-state index contributed by atoms with van der Waals surface area (Å²) in [5.41, 5.74) is 6.97. The molecule has 1 aliphatic heterocycles. The van der Waals surface area contributed by atoms with Crippen molar-refractivity contribution in [2.24, 2.45) is 5.73 Å². The van der Waals surface area contributed by atoms with Crippen LogP contribution in [-0.4, -0.2) is 17.3 Å². The summed E-state index contributed by atoms with van der Waals surface area (Å²) in [5, 5.41) is 10.9. The average molecular weight is 256 g/mol. The highest BCUT2D eigenvalue weighted by atomic mass is 35.5. The van der Waals surface area contributed by atoms with Gasteiger partial charge in [-0.1, -0.05) is 11.6 Å². The van der Waals surface area contributed by atoms with E-state index in [-0.39, 0.29) is 0 Å². The number of hydrogen-bond acceptors (Lipinski definition) is 3. The van der Waals surface area contributed by atoms with Gasteiger partial charge in [-0.25, -0.2) is 0 Å². The quantitative estimate of drug-likeness (QED) is 0.854. The van der Waals surface area contributed by atoms with Crippen molar-refractivity contribution in [2.45, 2.75) is 38.3 Å². The fourth-order valence-corrected chi connectivity index (χ4v) is 2.32. The van der Waals surface area contributed by atoms with Crippen molar-refractivity contribution in [2.75, 3.05) is 6.61 Å². The Bertz CT molecular complexity index is 426. The molecule has 0 aliphatic carbocycles. The summed E-state index contributed by atoms with van der Waals surface area (Å²) in [5.74, 6) is 0.756. The number of halogens is 1. The predicted molar refractivity (Wildman–Crippen MR) is 68.5 cm³/mol. The lowest BCUT2D eigenvalue weighted by Gasteiger charge is -2.30. The van der Waals surface area contributed by atoms with Crippen molar-refractivity contribution in [3.63, 3.8) is 0 Å². The summed E-state index contributed by atoms with van der Waals surface area (Å²) < 4.78 is 5.65. The molecule has 4 heteroatoms. The van der Waals surface area contributed by atoms with Crippen molar-refractivity contribution in [3.05, 3.63) is 28.3 Å². The molecule has 0 aromatic heterocycles. The molecule has 94 valence electrons. The molecule has 1 atom stereocenters. The van der Waals surface area contributed by atoms with E-state index in [1.807, 2.05) is 6.07 Å². The number of benzene rings is 1. The largest absolute Gasteiger partial charge is 0.493 e. The summed E-state index contributed by atoms with van der Waals surface area (Å²) >= 11 is 6.07. The van der Waals surface area contributed by atoms with Gasteiger partial charge in [-0.3, -0.25) is 0 Å². The molecule has 0 amide bonds. The summed E-state index contributed by atoms with van der Waals surface area (Å²) in [6.07, 6.45) is 1.13. The number of ether oxygens (including phenoxy) is 1. The Hall–Kier alpha value is -0.770. The van der Waals surface area contributed by atoms with Gasteiger partial charge < -0.3 is 15.6 Å². The van der Waals surface area contributed by atoms with Crippen LogP contribution in [0, 0.1) is 0 Å². The van der Waals surface area contributed by atoms with Crippen LogP contribution < -0.4 is 10.5 Å². The number of aliphatic hydroxyl groups excluding tert-OH is 1. The maximum Gasteiger partial charge on any atom is 0.128 e. The van der Waals surface area contributed by atoms with Crippen LogP contribution in [-0.2, 0) is 6.42 Å². The standard InChI is InChI=1S/C13H18ClNO2/c1-13(2,15)12(16)10-7-9(14)6-8-4-3-5-17-11(8)10/h6-7,12,16H,3-5,15H2,1-2H3. The highest BCUT2D eigenvalue weighted by Crippen LogP contribution is 2.38. The van der Waals surface area contributed by atoms with Crippen molar-refractivity contribution >= 4 is 11.6 Å². The fourth-order valence-electron chi connectivity index (χ4n) is 2.08. The molecule has 0 bridgehead atoms. The maximum atomic E-state index is 10.3. The minimum Gasteiger partial charge on any atom is -0.493 e. The third kappa shape index (κ3) is 2.57. The second-order valence-electron chi connectivity index (χ2n) is 5.16. The zero-order valence-corrected chi connectivity index (χ0v) is 10.9. The van der Waals surface area contributed by atoms with Crippen LogP contribution in [0.2, 0.25) is 5.02 Å². The van der Waals surface area contributed by atoms with Crippen molar-refractivity contribution < 1.29 is 9.84 Å². The van der Waals surface area contributed by atoms with Gasteiger partial charge in [0.1, 0.15) is 5.75 Å². The Kier molecular flexibility index (Phi) is 3.34. The Labute approximate surface area is 107 Å². The van der Waals surface area contributed by atoms with Crippen molar-refractivity contribution in [1.82, 2.24) is 0 Å². The smallest absolute Gasteiger partial charge is 0.128 e. The molecule has 1 aromatic carbocycles. The number of nitrogens with two attached hydrogens (primary N) is 1. The molecular weight excluding hydrogens is 238 g/mol. The van der Waals surface area contributed by atoms with Gasteiger partial charge in [0, 0.05) is 16.1 Å². The third-order valence-electron chi connectivity index (χ3n) is 3.00. The summed E-state index contributed by atoms with van der Waals surface area (Å²) in [6, 6.07) is 3.64. The van der Waals surface area contributed by atoms with Gasteiger partial charge >= 0.3 is 0 Å². The average Bonchev–Trinajstić information content (AvgIpc) is 2.25. The molecule has 2 rings (SSSR count). The molecular formula is C13H18ClNO2. The minimum absolute atomic E-state index is 0.618. The second-order valence-corrected chi connectivity index (χ2v) is 5.60. The molecule has 17 heavy (non-hydrogen) atoms. The van der Waals surface area contributed by atoms with E-state index in [2.05, 4.69) is 0 Å². The first-order valence-corrected chi connectivity index (χ1v) is 6.19. The van der Waals surface area contributed by atoms with E-state index in [9.17, 15) is 5.11 Å². The number of aliphatic hydroxyl groups is 1. The number of hydrogen-bond donors (Lipinski definition) is 2. The van der Waals surface area contributed by atoms with Gasteiger partial charge in [0.15, 0.2) is 0 Å². The first-order valence-electron chi connectivity index (χ1n) is 5.81.